The first-order valence-electron chi connectivity index (χ1n) is 9.25. The van der Waals surface area contributed by atoms with Crippen LogP contribution in [0.15, 0.2) is 28.9 Å². The van der Waals surface area contributed by atoms with Gasteiger partial charge in [-0.25, -0.2) is 8.78 Å². The van der Waals surface area contributed by atoms with Crippen LogP contribution in [0.3, 0.4) is 0 Å². The van der Waals surface area contributed by atoms with Crippen LogP contribution >= 0.6 is 12.2 Å². The minimum absolute atomic E-state index is 0.0365. The monoisotopic (exact) mass is 393 g/mol. The number of piperazine rings is 1. The molecule has 1 aliphatic heterocycles. The minimum atomic E-state index is -0.533. The zero-order chi connectivity index (χ0) is 19.2. The van der Waals surface area contributed by atoms with Gasteiger partial charge in [0.1, 0.15) is 11.6 Å². The smallest absolute Gasteiger partial charge is 0.184 e. The van der Waals surface area contributed by atoms with Gasteiger partial charge in [-0.3, -0.25) is 10.3 Å². The highest BCUT2D eigenvalue weighted by Crippen LogP contribution is 2.25. The first kappa shape index (κ1) is 19.7. The predicted octanol–water partition coefficient (Wildman–Crippen LogP) is 2.75. The van der Waals surface area contributed by atoms with Crippen molar-refractivity contribution >= 4 is 29.2 Å². The summed E-state index contributed by atoms with van der Waals surface area (Å²) in [6, 6.07) is 2.38. The lowest BCUT2D eigenvalue weighted by atomic mass is 9.99. The summed E-state index contributed by atoms with van der Waals surface area (Å²) in [7, 11) is 0. The van der Waals surface area contributed by atoms with Crippen LogP contribution in [-0.2, 0) is 0 Å². The SMILES string of the molecule is NC(=S)NN=Cc1cc(F)c(N2CCN(CC3=CCCCC3)CC2)cc1F. The first-order chi connectivity index (χ1) is 13.0. The molecular formula is C19H25F2N5S. The zero-order valence-electron chi connectivity index (χ0n) is 15.3. The van der Waals surface area contributed by atoms with E-state index in [4.69, 9.17) is 5.73 Å². The van der Waals surface area contributed by atoms with Crippen LogP contribution in [0.5, 0.6) is 0 Å². The van der Waals surface area contributed by atoms with E-state index < -0.39 is 11.6 Å². The maximum atomic E-state index is 14.5. The number of benzene rings is 1. The highest BCUT2D eigenvalue weighted by atomic mass is 32.1. The Morgan fingerprint density at radius 1 is 1.19 bits per heavy atom. The van der Waals surface area contributed by atoms with Crippen molar-refractivity contribution in [2.75, 3.05) is 37.6 Å². The maximum Gasteiger partial charge on any atom is 0.184 e. The van der Waals surface area contributed by atoms with E-state index in [1.54, 1.807) is 0 Å². The van der Waals surface area contributed by atoms with Gasteiger partial charge in [-0.05, 0) is 44.0 Å². The van der Waals surface area contributed by atoms with Gasteiger partial charge in [-0.2, -0.15) is 5.10 Å². The van der Waals surface area contributed by atoms with Crippen molar-refractivity contribution in [2.24, 2.45) is 10.8 Å². The Morgan fingerprint density at radius 3 is 2.63 bits per heavy atom. The van der Waals surface area contributed by atoms with Gasteiger partial charge in [0.2, 0.25) is 0 Å². The normalized spacial score (nSPS) is 18.6. The molecule has 0 amide bonds. The van der Waals surface area contributed by atoms with Crippen molar-refractivity contribution in [3.8, 4) is 0 Å². The average Bonchev–Trinajstić information content (AvgIpc) is 2.65. The van der Waals surface area contributed by atoms with Crippen molar-refractivity contribution in [2.45, 2.75) is 25.7 Å². The number of hydrogen-bond acceptors (Lipinski definition) is 4. The second-order valence-electron chi connectivity index (χ2n) is 6.93. The Labute approximate surface area is 163 Å². The lowest BCUT2D eigenvalue weighted by Gasteiger charge is -2.37. The van der Waals surface area contributed by atoms with Crippen LogP contribution in [-0.4, -0.2) is 49.0 Å². The molecule has 3 rings (SSSR count). The zero-order valence-corrected chi connectivity index (χ0v) is 16.1. The number of anilines is 1. The number of nitrogens with two attached hydrogens (primary N) is 1. The molecule has 0 saturated carbocycles. The van der Waals surface area contributed by atoms with Gasteiger partial charge in [-0.15, -0.1) is 0 Å². The third-order valence-electron chi connectivity index (χ3n) is 4.97. The predicted molar refractivity (Wildman–Crippen MR) is 109 cm³/mol. The van der Waals surface area contributed by atoms with Crippen LogP contribution in [0.4, 0.5) is 14.5 Å². The fourth-order valence-electron chi connectivity index (χ4n) is 3.54. The van der Waals surface area contributed by atoms with Gasteiger partial charge < -0.3 is 10.6 Å². The molecule has 8 heteroatoms. The summed E-state index contributed by atoms with van der Waals surface area (Å²) in [6.45, 7) is 4.05. The molecule has 0 unspecified atom stereocenters. The molecule has 0 aromatic heterocycles. The molecule has 1 fully saturated rings. The highest BCUT2D eigenvalue weighted by molar-refractivity contribution is 7.80. The summed E-state index contributed by atoms with van der Waals surface area (Å²) in [5.74, 6) is -0.994. The molecule has 0 bridgehead atoms. The molecule has 1 aromatic rings. The number of hydrazone groups is 1. The number of hydrogen-bond donors (Lipinski definition) is 2. The van der Waals surface area contributed by atoms with Crippen molar-refractivity contribution in [3.05, 3.63) is 41.0 Å². The quantitative estimate of drug-likeness (QED) is 0.349. The molecule has 1 aliphatic carbocycles. The van der Waals surface area contributed by atoms with Gasteiger partial charge in [0.05, 0.1) is 11.9 Å². The number of nitrogens with one attached hydrogen (secondary N) is 1. The largest absolute Gasteiger partial charge is 0.375 e. The van der Waals surface area contributed by atoms with E-state index in [-0.39, 0.29) is 10.7 Å². The van der Waals surface area contributed by atoms with Crippen LogP contribution in [0.25, 0.3) is 0 Å². The maximum absolute atomic E-state index is 14.5. The van der Waals surface area contributed by atoms with E-state index in [2.05, 4.69) is 33.7 Å². The number of halogens is 2. The third kappa shape index (κ3) is 5.46. The van der Waals surface area contributed by atoms with Crippen molar-refractivity contribution < 1.29 is 8.78 Å². The third-order valence-corrected chi connectivity index (χ3v) is 5.06. The molecule has 1 aromatic carbocycles. The lowest BCUT2D eigenvalue weighted by Crippen LogP contribution is -2.47. The van der Waals surface area contributed by atoms with E-state index >= 15 is 0 Å². The fourth-order valence-corrected chi connectivity index (χ4v) is 3.59. The van der Waals surface area contributed by atoms with Crippen LogP contribution < -0.4 is 16.1 Å². The molecule has 0 spiro atoms. The van der Waals surface area contributed by atoms with Gasteiger partial charge in [0.15, 0.2) is 5.11 Å². The number of allylic oxidation sites excluding steroid dienone is 1. The van der Waals surface area contributed by atoms with Crippen LogP contribution in [0.2, 0.25) is 0 Å². The van der Waals surface area contributed by atoms with Crippen LogP contribution in [0.1, 0.15) is 31.2 Å². The summed E-state index contributed by atoms with van der Waals surface area (Å²) in [6.07, 6.45) is 8.46. The molecular weight excluding hydrogens is 368 g/mol. The molecule has 5 nitrogen and oxygen atoms in total. The average molecular weight is 394 g/mol. The fraction of sp³-hybridized carbons (Fsp3) is 0.474. The Hall–Kier alpha value is -2.06. The van der Waals surface area contributed by atoms with E-state index in [0.717, 1.165) is 31.9 Å². The molecule has 1 saturated heterocycles. The number of thiocarbonyl (C=S) groups is 1. The standard InChI is InChI=1S/C19H25F2N5S/c20-16-11-18(17(21)10-15(16)12-23-24-19(22)27)26-8-6-25(7-9-26)13-14-4-2-1-3-5-14/h4,10-12H,1-3,5-9,13H2,(H3,22,24,27). The molecule has 0 radical (unpaired) electrons. The molecule has 3 N–H and O–H groups in total. The van der Waals surface area contributed by atoms with Gasteiger partial charge in [-0.1, -0.05) is 11.6 Å². The molecule has 27 heavy (non-hydrogen) atoms. The summed E-state index contributed by atoms with van der Waals surface area (Å²) in [4.78, 5) is 4.29. The summed E-state index contributed by atoms with van der Waals surface area (Å²) < 4.78 is 28.8. The molecule has 0 atom stereocenters. The second-order valence-corrected chi connectivity index (χ2v) is 7.37. The molecule has 1 heterocycles. The minimum Gasteiger partial charge on any atom is -0.375 e. The molecule has 2 aliphatic rings. The Kier molecular flexibility index (Phi) is 6.73. The summed E-state index contributed by atoms with van der Waals surface area (Å²) >= 11 is 4.61. The summed E-state index contributed by atoms with van der Waals surface area (Å²) in [5.41, 5.74) is 9.42. The van der Waals surface area contributed by atoms with E-state index in [9.17, 15) is 8.78 Å². The van der Waals surface area contributed by atoms with E-state index in [1.807, 2.05) is 4.90 Å². The van der Waals surface area contributed by atoms with Crippen LogP contribution in [0, 0.1) is 11.6 Å². The first-order valence-corrected chi connectivity index (χ1v) is 9.66. The number of rotatable bonds is 5. The lowest BCUT2D eigenvalue weighted by molar-refractivity contribution is 0.273. The van der Waals surface area contributed by atoms with Crippen molar-refractivity contribution in [1.82, 2.24) is 10.3 Å². The second kappa shape index (κ2) is 9.23. The summed E-state index contributed by atoms with van der Waals surface area (Å²) in [5, 5.41) is 3.64. The van der Waals surface area contributed by atoms with Gasteiger partial charge >= 0.3 is 0 Å². The van der Waals surface area contributed by atoms with Crippen molar-refractivity contribution in [1.29, 1.82) is 0 Å². The van der Waals surface area contributed by atoms with Gasteiger partial charge in [0.25, 0.3) is 0 Å². The topological polar surface area (TPSA) is 56.9 Å². The van der Waals surface area contributed by atoms with E-state index in [1.165, 1.54) is 37.3 Å². The highest BCUT2D eigenvalue weighted by Gasteiger charge is 2.21. The number of nitrogens with zero attached hydrogens (tertiary/aromatic N) is 3. The Morgan fingerprint density at radius 2 is 1.96 bits per heavy atom. The molecule has 146 valence electrons. The Balaban J connectivity index is 1.60. The Bertz CT molecular complexity index is 742. The van der Waals surface area contributed by atoms with Crippen molar-refractivity contribution in [3.63, 3.8) is 0 Å². The van der Waals surface area contributed by atoms with E-state index in [0.29, 0.717) is 18.8 Å². The van der Waals surface area contributed by atoms with Gasteiger partial charge in [0, 0.05) is 44.4 Å².